The third kappa shape index (κ3) is 8.67. The zero-order chi connectivity index (χ0) is 36.1. The van der Waals surface area contributed by atoms with E-state index in [0.717, 1.165) is 99.3 Å². The second-order valence-electron chi connectivity index (χ2n) is 14.9. The van der Waals surface area contributed by atoms with Gasteiger partial charge in [0.15, 0.2) is 34.9 Å². The Balaban J connectivity index is 1.35. The van der Waals surface area contributed by atoms with Crippen LogP contribution in [0.4, 0.5) is 26.3 Å². The average Bonchev–Trinajstić information content (AvgIpc) is 3.14. The Kier molecular flexibility index (Phi) is 12.1. The SMILES string of the molecule is CCCC1CCC(c2ccc(Oc3ccc(C4CCC(CCC)CC4)cc3Cc3ccc(F)c(F)c3F)c(Cc3ccc(F)c(F)c3F)c2)CC1. The van der Waals surface area contributed by atoms with Crippen LogP contribution in [-0.4, -0.2) is 0 Å². The molecule has 0 amide bonds. The van der Waals surface area contributed by atoms with Gasteiger partial charge in [-0.25, -0.2) is 26.3 Å². The molecule has 4 aromatic rings. The Morgan fingerprint density at radius 1 is 0.471 bits per heavy atom. The molecular weight excluding hydrogens is 658 g/mol. The summed E-state index contributed by atoms with van der Waals surface area (Å²) in [6.45, 7) is 4.42. The minimum Gasteiger partial charge on any atom is -0.457 e. The van der Waals surface area contributed by atoms with Crippen molar-refractivity contribution < 1.29 is 31.1 Å². The van der Waals surface area contributed by atoms with E-state index in [1.54, 1.807) is 0 Å². The highest BCUT2D eigenvalue weighted by Gasteiger charge is 2.26. The van der Waals surface area contributed by atoms with Crippen molar-refractivity contribution in [2.75, 3.05) is 0 Å². The van der Waals surface area contributed by atoms with Crippen LogP contribution in [0, 0.1) is 46.7 Å². The lowest BCUT2D eigenvalue weighted by atomic mass is 9.77. The fourth-order valence-electron chi connectivity index (χ4n) is 8.50. The van der Waals surface area contributed by atoms with Gasteiger partial charge in [-0.2, -0.15) is 0 Å². The minimum atomic E-state index is -1.52. The molecule has 0 saturated heterocycles. The number of benzene rings is 4. The number of hydrogen-bond donors (Lipinski definition) is 0. The van der Waals surface area contributed by atoms with Crippen molar-refractivity contribution in [3.05, 3.63) is 129 Å². The molecule has 0 bridgehead atoms. The molecule has 0 spiro atoms. The molecule has 2 saturated carbocycles. The summed E-state index contributed by atoms with van der Waals surface area (Å²) >= 11 is 0. The molecule has 1 nitrogen and oxygen atoms in total. The molecule has 2 fully saturated rings. The molecule has 2 aliphatic carbocycles. The fourth-order valence-corrected chi connectivity index (χ4v) is 8.50. The van der Waals surface area contributed by atoms with E-state index in [9.17, 15) is 17.6 Å². The van der Waals surface area contributed by atoms with Crippen LogP contribution in [-0.2, 0) is 12.8 Å². The lowest BCUT2D eigenvalue weighted by Gasteiger charge is -2.29. The molecule has 0 unspecified atom stereocenters. The second-order valence-corrected chi connectivity index (χ2v) is 14.9. The van der Waals surface area contributed by atoms with Gasteiger partial charge in [-0.1, -0.05) is 75.9 Å². The summed E-state index contributed by atoms with van der Waals surface area (Å²) in [6.07, 6.45) is 13.4. The Labute approximate surface area is 298 Å². The molecule has 0 radical (unpaired) electrons. The molecule has 0 N–H and O–H groups in total. The van der Waals surface area contributed by atoms with Gasteiger partial charge in [-0.3, -0.25) is 0 Å². The molecule has 7 heteroatoms. The number of rotatable bonds is 12. The zero-order valence-corrected chi connectivity index (χ0v) is 29.7. The van der Waals surface area contributed by atoms with Crippen molar-refractivity contribution in [2.45, 2.75) is 116 Å². The van der Waals surface area contributed by atoms with E-state index in [2.05, 4.69) is 13.8 Å². The maximum Gasteiger partial charge on any atom is 0.194 e. The van der Waals surface area contributed by atoms with E-state index in [-0.39, 0.29) is 24.0 Å². The van der Waals surface area contributed by atoms with Gasteiger partial charge in [0, 0.05) is 12.8 Å². The monoisotopic (exact) mass is 706 g/mol. The van der Waals surface area contributed by atoms with E-state index in [0.29, 0.717) is 34.5 Å². The second kappa shape index (κ2) is 16.7. The first-order valence-corrected chi connectivity index (χ1v) is 18.8. The molecular formula is C44H48F6O. The Morgan fingerprint density at radius 3 is 1.24 bits per heavy atom. The van der Waals surface area contributed by atoms with Crippen LogP contribution in [0.3, 0.4) is 0 Å². The number of halogens is 6. The molecule has 4 aromatic carbocycles. The maximum absolute atomic E-state index is 15.0. The van der Waals surface area contributed by atoms with Crippen molar-refractivity contribution in [1.82, 2.24) is 0 Å². The standard InChI is InChI=1S/C44H48F6O/c1-3-5-27-7-11-29(12-8-27)31-17-21-39(35(23-31)25-33-15-19-37(45)43(49)41(33)47)51-40-22-18-32(30-13-9-28(6-4-2)10-14-30)24-36(40)26-34-16-20-38(46)44(50)42(34)48/h15-24,27-30H,3-14,25-26H2,1-2H3. The third-order valence-corrected chi connectivity index (χ3v) is 11.4. The quantitative estimate of drug-likeness (QED) is 0.105. The number of ether oxygens (including phenoxy) is 1. The highest BCUT2D eigenvalue weighted by Crippen LogP contribution is 2.42. The van der Waals surface area contributed by atoms with Gasteiger partial charge < -0.3 is 4.74 Å². The van der Waals surface area contributed by atoms with Crippen molar-refractivity contribution in [2.24, 2.45) is 11.8 Å². The van der Waals surface area contributed by atoms with Crippen LogP contribution >= 0.6 is 0 Å². The highest BCUT2D eigenvalue weighted by molar-refractivity contribution is 5.48. The smallest absolute Gasteiger partial charge is 0.194 e. The Bertz CT molecular complexity index is 1670. The average molecular weight is 707 g/mol. The lowest BCUT2D eigenvalue weighted by molar-refractivity contribution is 0.308. The Morgan fingerprint density at radius 2 is 0.863 bits per heavy atom. The van der Waals surface area contributed by atoms with Crippen molar-refractivity contribution in [3.8, 4) is 11.5 Å². The first-order chi connectivity index (χ1) is 24.6. The van der Waals surface area contributed by atoms with Crippen LogP contribution in [0.5, 0.6) is 11.5 Å². The first-order valence-electron chi connectivity index (χ1n) is 18.8. The predicted molar refractivity (Wildman–Crippen MR) is 190 cm³/mol. The summed E-state index contributed by atoms with van der Waals surface area (Å²) < 4.78 is 93.0. The van der Waals surface area contributed by atoms with Crippen LogP contribution in [0.15, 0.2) is 60.7 Å². The molecule has 0 aromatic heterocycles. The van der Waals surface area contributed by atoms with E-state index in [1.165, 1.54) is 25.0 Å². The van der Waals surface area contributed by atoms with Crippen LogP contribution in [0.1, 0.15) is 136 Å². The summed E-state index contributed by atoms with van der Waals surface area (Å²) in [5.74, 6) is -5.13. The Hall–Kier alpha value is -3.74. The van der Waals surface area contributed by atoms with E-state index < -0.39 is 34.9 Å². The predicted octanol–water partition coefficient (Wildman–Crippen LogP) is 13.6. The van der Waals surface area contributed by atoms with Gasteiger partial charge >= 0.3 is 0 Å². The molecule has 6 rings (SSSR count). The summed E-state index contributed by atoms with van der Waals surface area (Å²) in [4.78, 5) is 0. The maximum atomic E-state index is 15.0. The summed E-state index contributed by atoms with van der Waals surface area (Å²) in [6, 6.07) is 16.0. The molecule has 2 aliphatic rings. The highest BCUT2D eigenvalue weighted by atomic mass is 19.2. The zero-order valence-electron chi connectivity index (χ0n) is 29.7. The third-order valence-electron chi connectivity index (χ3n) is 11.4. The van der Waals surface area contributed by atoms with Crippen molar-refractivity contribution in [3.63, 3.8) is 0 Å². The molecule has 272 valence electrons. The molecule has 0 atom stereocenters. The van der Waals surface area contributed by atoms with Crippen LogP contribution in [0.2, 0.25) is 0 Å². The van der Waals surface area contributed by atoms with Gasteiger partial charge in [-0.05, 0) is 133 Å². The summed E-state index contributed by atoms with van der Waals surface area (Å²) in [5.41, 5.74) is 3.40. The van der Waals surface area contributed by atoms with Crippen LogP contribution < -0.4 is 4.74 Å². The molecule has 0 aliphatic heterocycles. The van der Waals surface area contributed by atoms with Crippen molar-refractivity contribution >= 4 is 0 Å². The van der Waals surface area contributed by atoms with E-state index in [1.807, 2.05) is 36.4 Å². The fraction of sp³-hybridized carbons (Fsp3) is 0.455. The van der Waals surface area contributed by atoms with Gasteiger partial charge in [0.2, 0.25) is 0 Å². The summed E-state index contributed by atoms with van der Waals surface area (Å²) in [5, 5.41) is 0. The summed E-state index contributed by atoms with van der Waals surface area (Å²) in [7, 11) is 0. The van der Waals surface area contributed by atoms with Crippen molar-refractivity contribution in [1.29, 1.82) is 0 Å². The van der Waals surface area contributed by atoms with Gasteiger partial charge in [-0.15, -0.1) is 0 Å². The first kappa shape index (κ1) is 37.0. The van der Waals surface area contributed by atoms with Gasteiger partial charge in [0.25, 0.3) is 0 Å². The van der Waals surface area contributed by atoms with E-state index >= 15 is 8.78 Å². The topological polar surface area (TPSA) is 9.23 Å². The molecule has 51 heavy (non-hydrogen) atoms. The minimum absolute atomic E-state index is 0.000611. The largest absolute Gasteiger partial charge is 0.457 e. The van der Waals surface area contributed by atoms with Crippen LogP contribution in [0.25, 0.3) is 0 Å². The molecule has 0 heterocycles. The van der Waals surface area contributed by atoms with Gasteiger partial charge in [0.1, 0.15) is 11.5 Å². The number of hydrogen-bond acceptors (Lipinski definition) is 1. The van der Waals surface area contributed by atoms with E-state index in [4.69, 9.17) is 4.74 Å². The van der Waals surface area contributed by atoms with Gasteiger partial charge in [0.05, 0.1) is 0 Å². The lowest BCUT2D eigenvalue weighted by Crippen LogP contribution is -2.14. The normalized spacial score (nSPS) is 20.8.